The Balaban J connectivity index is 4.01. The van der Waals surface area contributed by atoms with Crippen LogP contribution in [0.15, 0.2) is 0 Å². The van der Waals surface area contributed by atoms with Crippen molar-refractivity contribution in [3.8, 4) is 0 Å². The summed E-state index contributed by atoms with van der Waals surface area (Å²) in [6.45, 7) is 6.89. The highest BCUT2D eigenvalue weighted by Gasteiger charge is 2.27. The molecule has 0 amide bonds. The predicted molar refractivity (Wildman–Crippen MR) is 51.4 cm³/mol. The maximum absolute atomic E-state index is 11.2. The Morgan fingerprint density at radius 2 is 2.00 bits per heavy atom. The third-order valence-electron chi connectivity index (χ3n) is 1.84. The topological polar surface area (TPSA) is 46.5 Å². The number of aliphatic hydroxyl groups is 1. The Morgan fingerprint density at radius 1 is 1.46 bits per heavy atom. The molecule has 1 N–H and O–H groups in total. The van der Waals surface area contributed by atoms with Crippen LogP contribution in [0.2, 0.25) is 0 Å². The smallest absolute Gasteiger partial charge is 0.337 e. The van der Waals surface area contributed by atoms with E-state index in [9.17, 15) is 9.90 Å². The minimum absolute atomic E-state index is 0.0519. The number of carbonyl (C=O) groups excluding carboxylic acids is 1. The first kappa shape index (κ1) is 12.4. The zero-order valence-electron chi connectivity index (χ0n) is 8.96. The van der Waals surface area contributed by atoms with Crippen LogP contribution < -0.4 is 0 Å². The van der Waals surface area contributed by atoms with Crippen LogP contribution in [0.1, 0.15) is 47.0 Å². The Labute approximate surface area is 80.1 Å². The standard InChI is InChI=1S/C10H20O3/c1-5-7-8(6-2)13-9(11)10(3,4)12/h8,12H,5-7H2,1-4H3. The zero-order chi connectivity index (χ0) is 10.5. The molecule has 13 heavy (non-hydrogen) atoms. The van der Waals surface area contributed by atoms with Crippen molar-refractivity contribution in [3.63, 3.8) is 0 Å². The van der Waals surface area contributed by atoms with E-state index >= 15 is 0 Å². The van der Waals surface area contributed by atoms with E-state index in [-0.39, 0.29) is 6.10 Å². The van der Waals surface area contributed by atoms with E-state index in [0.29, 0.717) is 0 Å². The minimum atomic E-state index is -1.37. The highest BCUT2D eigenvalue weighted by Crippen LogP contribution is 2.11. The quantitative estimate of drug-likeness (QED) is 0.670. The molecule has 0 bridgehead atoms. The molecule has 0 aromatic heterocycles. The summed E-state index contributed by atoms with van der Waals surface area (Å²) in [6.07, 6.45) is 2.59. The van der Waals surface area contributed by atoms with Gasteiger partial charge >= 0.3 is 5.97 Å². The van der Waals surface area contributed by atoms with E-state index < -0.39 is 11.6 Å². The molecule has 3 heteroatoms. The van der Waals surface area contributed by atoms with Crippen LogP contribution in [0, 0.1) is 0 Å². The van der Waals surface area contributed by atoms with Gasteiger partial charge in [0.05, 0.1) is 0 Å². The monoisotopic (exact) mass is 188 g/mol. The number of carbonyl (C=O) groups is 1. The third kappa shape index (κ3) is 4.88. The molecule has 0 spiro atoms. The van der Waals surface area contributed by atoms with Crippen molar-refractivity contribution < 1.29 is 14.6 Å². The van der Waals surface area contributed by atoms with Gasteiger partial charge < -0.3 is 9.84 Å². The lowest BCUT2D eigenvalue weighted by atomic mass is 10.1. The zero-order valence-corrected chi connectivity index (χ0v) is 8.96. The minimum Gasteiger partial charge on any atom is -0.460 e. The van der Waals surface area contributed by atoms with E-state index in [1.807, 2.05) is 13.8 Å². The normalized spacial score (nSPS) is 13.9. The highest BCUT2D eigenvalue weighted by atomic mass is 16.6. The Morgan fingerprint density at radius 3 is 2.31 bits per heavy atom. The van der Waals surface area contributed by atoms with Gasteiger partial charge in [0.25, 0.3) is 0 Å². The molecule has 0 aliphatic carbocycles. The summed E-state index contributed by atoms with van der Waals surface area (Å²) in [7, 11) is 0. The molecule has 0 heterocycles. The first-order valence-corrected chi connectivity index (χ1v) is 4.85. The lowest BCUT2D eigenvalue weighted by molar-refractivity contribution is -0.168. The molecule has 0 aliphatic heterocycles. The fourth-order valence-corrected chi connectivity index (χ4v) is 0.964. The van der Waals surface area contributed by atoms with Crippen LogP contribution in [0.5, 0.6) is 0 Å². The summed E-state index contributed by atoms with van der Waals surface area (Å²) in [4.78, 5) is 11.2. The summed E-state index contributed by atoms with van der Waals surface area (Å²) in [6, 6.07) is 0. The van der Waals surface area contributed by atoms with Crippen molar-refractivity contribution >= 4 is 5.97 Å². The second kappa shape index (κ2) is 5.22. The van der Waals surface area contributed by atoms with Crippen molar-refractivity contribution in [1.82, 2.24) is 0 Å². The highest BCUT2D eigenvalue weighted by molar-refractivity contribution is 5.78. The van der Waals surface area contributed by atoms with Crippen molar-refractivity contribution in [2.24, 2.45) is 0 Å². The van der Waals surface area contributed by atoms with Crippen LogP contribution in [0.25, 0.3) is 0 Å². The fourth-order valence-electron chi connectivity index (χ4n) is 0.964. The Kier molecular flexibility index (Phi) is 4.99. The van der Waals surface area contributed by atoms with E-state index in [2.05, 4.69) is 0 Å². The van der Waals surface area contributed by atoms with Gasteiger partial charge in [-0.2, -0.15) is 0 Å². The predicted octanol–water partition coefficient (Wildman–Crippen LogP) is 1.88. The van der Waals surface area contributed by atoms with E-state index in [1.165, 1.54) is 13.8 Å². The molecule has 0 rings (SSSR count). The Bertz CT molecular complexity index is 158. The van der Waals surface area contributed by atoms with E-state index in [1.54, 1.807) is 0 Å². The number of ether oxygens (including phenoxy) is 1. The van der Waals surface area contributed by atoms with Gasteiger partial charge in [0.1, 0.15) is 6.10 Å². The number of rotatable bonds is 5. The first-order chi connectivity index (χ1) is 5.91. The van der Waals surface area contributed by atoms with Crippen molar-refractivity contribution in [2.45, 2.75) is 58.7 Å². The maximum Gasteiger partial charge on any atom is 0.337 e. The van der Waals surface area contributed by atoms with Crippen LogP contribution >= 0.6 is 0 Å². The molecule has 0 radical (unpaired) electrons. The largest absolute Gasteiger partial charge is 0.460 e. The molecule has 0 aromatic carbocycles. The van der Waals surface area contributed by atoms with Crippen LogP contribution in [-0.2, 0) is 9.53 Å². The second-order valence-corrected chi connectivity index (χ2v) is 3.78. The summed E-state index contributed by atoms with van der Waals surface area (Å²) >= 11 is 0. The van der Waals surface area contributed by atoms with Gasteiger partial charge in [-0.15, -0.1) is 0 Å². The van der Waals surface area contributed by atoms with Gasteiger partial charge in [-0.1, -0.05) is 20.3 Å². The SMILES string of the molecule is CCCC(CC)OC(=O)C(C)(C)O. The summed E-state index contributed by atoms with van der Waals surface area (Å²) in [5.74, 6) is -0.534. The molecule has 1 unspecified atom stereocenters. The third-order valence-corrected chi connectivity index (χ3v) is 1.84. The summed E-state index contributed by atoms with van der Waals surface area (Å²) in [5, 5.41) is 9.32. The number of hydrogen-bond acceptors (Lipinski definition) is 3. The van der Waals surface area contributed by atoms with E-state index in [0.717, 1.165) is 19.3 Å². The molecular formula is C10H20O3. The van der Waals surface area contributed by atoms with Crippen molar-refractivity contribution in [1.29, 1.82) is 0 Å². The van der Waals surface area contributed by atoms with Gasteiger partial charge in [-0.25, -0.2) is 4.79 Å². The molecule has 1 atom stereocenters. The molecule has 0 aromatic rings. The number of hydrogen-bond donors (Lipinski definition) is 1. The lowest BCUT2D eigenvalue weighted by Gasteiger charge is -2.21. The molecule has 0 fully saturated rings. The molecule has 0 saturated carbocycles. The van der Waals surface area contributed by atoms with Gasteiger partial charge in [-0.3, -0.25) is 0 Å². The lowest BCUT2D eigenvalue weighted by Crippen LogP contribution is -2.35. The molecule has 0 aliphatic rings. The van der Waals surface area contributed by atoms with Crippen LogP contribution in [-0.4, -0.2) is 22.8 Å². The average Bonchev–Trinajstić information content (AvgIpc) is 2.01. The molecular weight excluding hydrogens is 168 g/mol. The molecule has 78 valence electrons. The van der Waals surface area contributed by atoms with Gasteiger partial charge in [0.2, 0.25) is 0 Å². The summed E-state index contributed by atoms with van der Waals surface area (Å²) in [5.41, 5.74) is -1.37. The van der Waals surface area contributed by atoms with Crippen LogP contribution in [0.4, 0.5) is 0 Å². The summed E-state index contributed by atoms with van der Waals surface area (Å²) < 4.78 is 5.12. The van der Waals surface area contributed by atoms with E-state index in [4.69, 9.17) is 4.74 Å². The average molecular weight is 188 g/mol. The number of esters is 1. The van der Waals surface area contributed by atoms with Crippen LogP contribution in [0.3, 0.4) is 0 Å². The molecule has 0 saturated heterocycles. The molecule has 3 nitrogen and oxygen atoms in total. The van der Waals surface area contributed by atoms with Crippen molar-refractivity contribution in [3.05, 3.63) is 0 Å². The van der Waals surface area contributed by atoms with Gasteiger partial charge in [-0.05, 0) is 26.7 Å². The Hall–Kier alpha value is -0.570. The van der Waals surface area contributed by atoms with Crippen molar-refractivity contribution in [2.75, 3.05) is 0 Å². The first-order valence-electron chi connectivity index (χ1n) is 4.85. The second-order valence-electron chi connectivity index (χ2n) is 3.78. The van der Waals surface area contributed by atoms with Gasteiger partial charge in [0.15, 0.2) is 5.60 Å². The van der Waals surface area contributed by atoms with Gasteiger partial charge in [0, 0.05) is 0 Å². The fraction of sp³-hybridized carbons (Fsp3) is 0.900. The maximum atomic E-state index is 11.2.